The van der Waals surface area contributed by atoms with Gasteiger partial charge in [0, 0.05) is 19.3 Å². The van der Waals surface area contributed by atoms with Crippen molar-refractivity contribution in [2.45, 2.75) is 335 Å². The van der Waals surface area contributed by atoms with Crippen LogP contribution in [0.5, 0.6) is 0 Å². The number of esters is 3. The van der Waals surface area contributed by atoms with Crippen LogP contribution in [0.15, 0.2) is 24.3 Å². The van der Waals surface area contributed by atoms with Gasteiger partial charge in [-0.1, -0.05) is 263 Å². The number of unbranched alkanes of at least 4 members (excludes halogenated alkanes) is 40. The summed E-state index contributed by atoms with van der Waals surface area (Å²) in [6, 6.07) is 0. The number of carbonyl (C=O) groups is 3. The molecule has 0 rings (SSSR count). The Morgan fingerprint density at radius 1 is 0.284 bits per heavy atom. The standard InChI is InChI=1S/C61H114O6/c1-4-7-10-13-16-19-22-25-28-30-31-32-34-36-39-42-45-48-51-54-60(63)66-57-58(56-65-59(62)53-50-47-44-41-38-35-27-24-21-18-15-12-9-6-3)67-61(64)55-52-49-46-43-40-37-33-29-26-23-20-17-14-11-8-5-2/h25,28-29,33,58H,4-24,26-27,30-32,34-57H2,1-3H3/b28-25-,33-29-. The van der Waals surface area contributed by atoms with Gasteiger partial charge < -0.3 is 14.2 Å². The molecule has 0 heterocycles. The molecule has 6 nitrogen and oxygen atoms in total. The third kappa shape index (κ3) is 54.7. The highest BCUT2D eigenvalue weighted by Crippen LogP contribution is 2.17. The van der Waals surface area contributed by atoms with Crippen LogP contribution in [-0.2, 0) is 28.6 Å². The summed E-state index contributed by atoms with van der Waals surface area (Å²) in [6.07, 6.45) is 66.0. The number of carbonyl (C=O) groups excluding carboxylic acids is 3. The van der Waals surface area contributed by atoms with Crippen molar-refractivity contribution in [3.05, 3.63) is 24.3 Å². The van der Waals surface area contributed by atoms with E-state index in [9.17, 15) is 14.4 Å². The van der Waals surface area contributed by atoms with Crippen LogP contribution in [0.2, 0.25) is 0 Å². The first-order valence-electron chi connectivity index (χ1n) is 29.8. The topological polar surface area (TPSA) is 78.9 Å². The van der Waals surface area contributed by atoms with E-state index >= 15 is 0 Å². The Bertz CT molecular complexity index is 1080. The summed E-state index contributed by atoms with van der Waals surface area (Å²) in [5.74, 6) is -0.860. The highest BCUT2D eigenvalue weighted by Gasteiger charge is 2.19. The van der Waals surface area contributed by atoms with Crippen LogP contribution in [0.25, 0.3) is 0 Å². The summed E-state index contributed by atoms with van der Waals surface area (Å²) in [4.78, 5) is 38.2. The molecule has 394 valence electrons. The van der Waals surface area contributed by atoms with Crippen molar-refractivity contribution in [2.75, 3.05) is 13.2 Å². The van der Waals surface area contributed by atoms with Gasteiger partial charge in [0.1, 0.15) is 13.2 Å². The van der Waals surface area contributed by atoms with E-state index in [1.165, 1.54) is 225 Å². The minimum absolute atomic E-state index is 0.0705. The van der Waals surface area contributed by atoms with Crippen molar-refractivity contribution >= 4 is 17.9 Å². The van der Waals surface area contributed by atoms with E-state index in [0.717, 1.165) is 64.2 Å². The van der Waals surface area contributed by atoms with Gasteiger partial charge in [-0.05, 0) is 70.6 Å². The van der Waals surface area contributed by atoms with Gasteiger partial charge >= 0.3 is 17.9 Å². The average Bonchev–Trinajstić information content (AvgIpc) is 3.33. The van der Waals surface area contributed by atoms with E-state index in [4.69, 9.17) is 14.2 Å². The number of rotatable bonds is 55. The lowest BCUT2D eigenvalue weighted by atomic mass is 10.0. The minimum atomic E-state index is -0.772. The molecular weight excluding hydrogens is 829 g/mol. The van der Waals surface area contributed by atoms with Crippen molar-refractivity contribution in [2.24, 2.45) is 0 Å². The number of ether oxygens (including phenoxy) is 3. The first kappa shape index (κ1) is 64.9. The zero-order valence-corrected chi connectivity index (χ0v) is 45.2. The molecule has 0 aliphatic rings. The maximum atomic E-state index is 12.9. The van der Waals surface area contributed by atoms with Gasteiger partial charge in [0.25, 0.3) is 0 Å². The van der Waals surface area contributed by atoms with Crippen molar-refractivity contribution in [1.29, 1.82) is 0 Å². The summed E-state index contributed by atoms with van der Waals surface area (Å²) in [7, 11) is 0. The second-order valence-corrected chi connectivity index (χ2v) is 20.3. The van der Waals surface area contributed by atoms with Crippen molar-refractivity contribution in [3.8, 4) is 0 Å². The Balaban J connectivity index is 4.33. The van der Waals surface area contributed by atoms with Crippen LogP contribution < -0.4 is 0 Å². The number of hydrogen-bond acceptors (Lipinski definition) is 6. The third-order valence-electron chi connectivity index (χ3n) is 13.4. The summed E-state index contributed by atoms with van der Waals surface area (Å²) in [6.45, 7) is 6.68. The Labute approximate surface area is 417 Å². The van der Waals surface area contributed by atoms with Crippen LogP contribution in [-0.4, -0.2) is 37.2 Å². The zero-order chi connectivity index (χ0) is 48.6. The summed E-state index contributed by atoms with van der Waals surface area (Å²) in [5.41, 5.74) is 0. The fraction of sp³-hybridized carbons (Fsp3) is 0.885. The monoisotopic (exact) mass is 943 g/mol. The van der Waals surface area contributed by atoms with Crippen LogP contribution in [0, 0.1) is 0 Å². The first-order valence-corrected chi connectivity index (χ1v) is 29.8. The Hall–Kier alpha value is -2.11. The van der Waals surface area contributed by atoms with Gasteiger partial charge in [-0.2, -0.15) is 0 Å². The first-order chi connectivity index (χ1) is 33.0. The molecule has 0 aromatic carbocycles. The molecule has 0 amide bonds. The molecule has 1 unspecified atom stereocenters. The fourth-order valence-corrected chi connectivity index (χ4v) is 8.91. The molecule has 6 heteroatoms. The van der Waals surface area contributed by atoms with E-state index in [-0.39, 0.29) is 31.1 Å². The van der Waals surface area contributed by atoms with Crippen molar-refractivity contribution < 1.29 is 28.6 Å². The molecule has 0 aliphatic carbocycles. The molecule has 0 aromatic rings. The second kappa shape index (κ2) is 56.5. The maximum absolute atomic E-state index is 12.9. The normalized spacial score (nSPS) is 12.1. The van der Waals surface area contributed by atoms with E-state index < -0.39 is 6.10 Å². The lowest BCUT2D eigenvalue weighted by molar-refractivity contribution is -0.167. The van der Waals surface area contributed by atoms with E-state index in [2.05, 4.69) is 45.1 Å². The van der Waals surface area contributed by atoms with Gasteiger partial charge in [0.2, 0.25) is 0 Å². The minimum Gasteiger partial charge on any atom is -0.462 e. The lowest BCUT2D eigenvalue weighted by Crippen LogP contribution is -2.30. The summed E-state index contributed by atoms with van der Waals surface area (Å²) < 4.78 is 16.9. The third-order valence-corrected chi connectivity index (χ3v) is 13.4. The molecular formula is C61H114O6. The molecule has 0 bridgehead atoms. The predicted octanol–water partition coefficient (Wildman–Crippen LogP) is 19.9. The molecule has 0 aliphatic heterocycles. The maximum Gasteiger partial charge on any atom is 0.306 e. The second-order valence-electron chi connectivity index (χ2n) is 20.3. The fourth-order valence-electron chi connectivity index (χ4n) is 8.91. The number of allylic oxidation sites excluding steroid dienone is 4. The van der Waals surface area contributed by atoms with Crippen LogP contribution in [0.1, 0.15) is 329 Å². The highest BCUT2D eigenvalue weighted by atomic mass is 16.6. The molecule has 0 aromatic heterocycles. The van der Waals surface area contributed by atoms with Gasteiger partial charge in [0.15, 0.2) is 6.10 Å². The van der Waals surface area contributed by atoms with Crippen LogP contribution in [0.3, 0.4) is 0 Å². The summed E-state index contributed by atoms with van der Waals surface area (Å²) >= 11 is 0. The predicted molar refractivity (Wildman–Crippen MR) is 289 cm³/mol. The molecule has 0 fully saturated rings. The number of hydrogen-bond donors (Lipinski definition) is 0. The molecule has 0 N–H and O–H groups in total. The molecule has 67 heavy (non-hydrogen) atoms. The zero-order valence-electron chi connectivity index (χ0n) is 45.2. The van der Waals surface area contributed by atoms with Gasteiger partial charge in [-0.3, -0.25) is 14.4 Å². The summed E-state index contributed by atoms with van der Waals surface area (Å²) in [5, 5.41) is 0. The van der Waals surface area contributed by atoms with E-state index in [1.807, 2.05) is 0 Å². The Morgan fingerprint density at radius 2 is 0.493 bits per heavy atom. The largest absolute Gasteiger partial charge is 0.462 e. The average molecular weight is 944 g/mol. The molecule has 1 atom stereocenters. The molecule has 0 spiro atoms. The van der Waals surface area contributed by atoms with Gasteiger partial charge in [-0.15, -0.1) is 0 Å². The van der Waals surface area contributed by atoms with Crippen molar-refractivity contribution in [1.82, 2.24) is 0 Å². The van der Waals surface area contributed by atoms with Crippen molar-refractivity contribution in [3.63, 3.8) is 0 Å². The quantitative estimate of drug-likeness (QED) is 0.0262. The van der Waals surface area contributed by atoms with E-state index in [0.29, 0.717) is 19.3 Å². The lowest BCUT2D eigenvalue weighted by Gasteiger charge is -2.18. The van der Waals surface area contributed by atoms with Gasteiger partial charge in [-0.25, -0.2) is 0 Å². The molecule has 0 saturated heterocycles. The van der Waals surface area contributed by atoms with E-state index in [1.54, 1.807) is 0 Å². The Morgan fingerprint density at radius 3 is 0.746 bits per heavy atom. The Kier molecular flexibility index (Phi) is 54.7. The van der Waals surface area contributed by atoms with Crippen LogP contribution >= 0.6 is 0 Å². The molecule has 0 radical (unpaired) electrons. The van der Waals surface area contributed by atoms with Crippen LogP contribution in [0.4, 0.5) is 0 Å². The SMILES string of the molecule is CCCCCCCC/C=C\CCCCCCCCCCCC(=O)OCC(COC(=O)CCCCCCCCCCCCCCCC)OC(=O)CCCCCCC/C=C\CCCCCCCCC. The highest BCUT2D eigenvalue weighted by molar-refractivity contribution is 5.71. The molecule has 0 saturated carbocycles. The van der Waals surface area contributed by atoms with Gasteiger partial charge in [0.05, 0.1) is 0 Å². The smallest absolute Gasteiger partial charge is 0.306 e.